The summed E-state index contributed by atoms with van der Waals surface area (Å²) >= 11 is 0. The molecule has 0 saturated carbocycles. The van der Waals surface area contributed by atoms with Crippen LogP contribution < -0.4 is 11.1 Å². The molecule has 0 aliphatic carbocycles. The van der Waals surface area contributed by atoms with Crippen LogP contribution in [0.3, 0.4) is 0 Å². The predicted octanol–water partition coefficient (Wildman–Crippen LogP) is 2.52. The highest BCUT2D eigenvalue weighted by molar-refractivity contribution is 5.72. The van der Waals surface area contributed by atoms with Crippen LogP contribution in [0.4, 0.5) is 14.6 Å². The molecule has 1 aromatic heterocycles. The molecule has 0 fully saturated rings. The molecule has 0 aromatic carbocycles. The van der Waals surface area contributed by atoms with Gasteiger partial charge < -0.3 is 21.1 Å². The summed E-state index contributed by atoms with van der Waals surface area (Å²) in [6, 6.07) is 3.24. The van der Waals surface area contributed by atoms with Crippen LogP contribution in [-0.4, -0.2) is 59.6 Å². The van der Waals surface area contributed by atoms with Crippen molar-refractivity contribution < 1.29 is 18.7 Å². The number of pyridine rings is 1. The number of aliphatic carboxylic acids is 1. The maximum Gasteiger partial charge on any atom is 0.320 e. The first-order valence-corrected chi connectivity index (χ1v) is 9.67. The number of hydrogen-bond acceptors (Lipinski definition) is 5. The first-order valence-electron chi connectivity index (χ1n) is 9.67. The van der Waals surface area contributed by atoms with E-state index in [4.69, 9.17) is 10.8 Å². The standard InChI is InChI=1S/C19H30F2N4O2/c20-17(21)9-13-25(12-8-16(22)19(26)27)11-2-1-5-15-7-6-14-4-3-10-23-18(14)24-15/h6-7,16-17H,1-5,8-13,22H2,(H,23,24)(H,26,27). The summed E-state index contributed by atoms with van der Waals surface area (Å²) in [7, 11) is 0. The van der Waals surface area contributed by atoms with Gasteiger partial charge in [-0.2, -0.15) is 0 Å². The van der Waals surface area contributed by atoms with Gasteiger partial charge in [0, 0.05) is 31.7 Å². The lowest BCUT2D eigenvalue weighted by Crippen LogP contribution is -2.36. The minimum atomic E-state index is -2.35. The minimum absolute atomic E-state index is 0.208. The van der Waals surface area contributed by atoms with Gasteiger partial charge in [-0.15, -0.1) is 0 Å². The monoisotopic (exact) mass is 384 g/mol. The molecular weight excluding hydrogens is 354 g/mol. The van der Waals surface area contributed by atoms with Gasteiger partial charge >= 0.3 is 5.97 Å². The molecule has 8 heteroatoms. The predicted molar refractivity (Wildman–Crippen MR) is 101 cm³/mol. The highest BCUT2D eigenvalue weighted by Crippen LogP contribution is 2.20. The Morgan fingerprint density at radius 2 is 2.04 bits per heavy atom. The topological polar surface area (TPSA) is 91.5 Å². The Hall–Kier alpha value is -1.80. The Bertz CT molecular complexity index is 601. The third kappa shape index (κ3) is 7.76. The number of nitrogens with zero attached hydrogens (tertiary/aromatic N) is 2. The maximum absolute atomic E-state index is 12.5. The van der Waals surface area contributed by atoms with Crippen molar-refractivity contribution in [3.63, 3.8) is 0 Å². The fourth-order valence-electron chi connectivity index (χ4n) is 3.21. The van der Waals surface area contributed by atoms with Gasteiger partial charge in [0.25, 0.3) is 0 Å². The number of carboxylic acids is 1. The Labute approximate surface area is 159 Å². The molecule has 1 aliphatic heterocycles. The Morgan fingerprint density at radius 1 is 1.26 bits per heavy atom. The second-order valence-corrected chi connectivity index (χ2v) is 7.05. The zero-order valence-electron chi connectivity index (χ0n) is 15.7. The van der Waals surface area contributed by atoms with E-state index in [-0.39, 0.29) is 19.4 Å². The molecule has 27 heavy (non-hydrogen) atoms. The average Bonchev–Trinajstić information content (AvgIpc) is 2.65. The molecule has 6 nitrogen and oxygen atoms in total. The first kappa shape index (κ1) is 21.5. The van der Waals surface area contributed by atoms with Crippen molar-refractivity contribution in [3.05, 3.63) is 23.4 Å². The van der Waals surface area contributed by atoms with Crippen molar-refractivity contribution in [1.82, 2.24) is 9.88 Å². The maximum atomic E-state index is 12.5. The summed E-state index contributed by atoms with van der Waals surface area (Å²) in [5.41, 5.74) is 7.82. The number of halogens is 2. The number of aromatic nitrogens is 1. The molecule has 0 amide bonds. The molecule has 1 aliphatic rings. The van der Waals surface area contributed by atoms with Crippen LogP contribution in [0.25, 0.3) is 0 Å². The fourth-order valence-corrected chi connectivity index (χ4v) is 3.21. The summed E-state index contributed by atoms with van der Waals surface area (Å²) in [4.78, 5) is 17.4. The Balaban J connectivity index is 1.75. The third-order valence-corrected chi connectivity index (χ3v) is 4.85. The van der Waals surface area contributed by atoms with Crippen molar-refractivity contribution in [2.45, 2.75) is 57.4 Å². The van der Waals surface area contributed by atoms with E-state index in [0.717, 1.165) is 50.2 Å². The molecule has 4 N–H and O–H groups in total. The molecule has 1 unspecified atom stereocenters. The van der Waals surface area contributed by atoms with Crippen LogP contribution in [0.15, 0.2) is 12.1 Å². The van der Waals surface area contributed by atoms with Gasteiger partial charge in [-0.25, -0.2) is 13.8 Å². The lowest BCUT2D eigenvalue weighted by atomic mass is 10.1. The summed E-state index contributed by atoms with van der Waals surface area (Å²) < 4.78 is 25.0. The van der Waals surface area contributed by atoms with E-state index in [1.54, 1.807) is 0 Å². The zero-order chi connectivity index (χ0) is 19.6. The Kier molecular flexibility index (Phi) is 8.87. The lowest BCUT2D eigenvalue weighted by molar-refractivity contribution is -0.138. The van der Waals surface area contributed by atoms with Crippen LogP contribution in [0.2, 0.25) is 0 Å². The number of alkyl halides is 2. The molecule has 152 valence electrons. The van der Waals surface area contributed by atoms with E-state index in [9.17, 15) is 13.6 Å². The number of nitrogens with one attached hydrogen (secondary N) is 1. The third-order valence-electron chi connectivity index (χ3n) is 4.85. The smallest absolute Gasteiger partial charge is 0.320 e. The van der Waals surface area contributed by atoms with Crippen molar-refractivity contribution in [2.24, 2.45) is 5.73 Å². The Morgan fingerprint density at radius 3 is 2.78 bits per heavy atom. The number of aryl methyl sites for hydroxylation is 2. The number of hydrogen-bond donors (Lipinski definition) is 3. The van der Waals surface area contributed by atoms with Gasteiger partial charge in [0.15, 0.2) is 0 Å². The van der Waals surface area contributed by atoms with Crippen LogP contribution >= 0.6 is 0 Å². The van der Waals surface area contributed by atoms with E-state index >= 15 is 0 Å². The van der Waals surface area contributed by atoms with Crippen LogP contribution in [0.1, 0.15) is 43.4 Å². The van der Waals surface area contributed by atoms with Crippen molar-refractivity contribution in [2.75, 3.05) is 31.5 Å². The molecular formula is C19H30F2N4O2. The van der Waals surface area contributed by atoms with E-state index < -0.39 is 18.4 Å². The highest BCUT2D eigenvalue weighted by Gasteiger charge is 2.15. The summed E-state index contributed by atoms with van der Waals surface area (Å²) in [5.74, 6) is -0.0733. The van der Waals surface area contributed by atoms with Crippen molar-refractivity contribution in [1.29, 1.82) is 0 Å². The molecule has 1 aromatic rings. The van der Waals surface area contributed by atoms with Gasteiger partial charge in [-0.3, -0.25) is 4.79 Å². The number of nitrogens with two attached hydrogens (primary N) is 1. The largest absolute Gasteiger partial charge is 0.480 e. The van der Waals surface area contributed by atoms with Crippen molar-refractivity contribution in [3.8, 4) is 0 Å². The van der Waals surface area contributed by atoms with Gasteiger partial charge in [0.2, 0.25) is 6.43 Å². The number of rotatable bonds is 12. The van der Waals surface area contributed by atoms with E-state index in [2.05, 4.69) is 22.4 Å². The molecule has 0 bridgehead atoms. The number of fused-ring (bicyclic) bond motifs is 1. The van der Waals surface area contributed by atoms with Crippen LogP contribution in [-0.2, 0) is 17.6 Å². The number of anilines is 1. The number of carbonyl (C=O) groups is 1. The van der Waals surface area contributed by atoms with Gasteiger partial charge in [-0.1, -0.05) is 6.07 Å². The molecule has 2 heterocycles. The minimum Gasteiger partial charge on any atom is -0.480 e. The zero-order valence-corrected chi connectivity index (χ0v) is 15.7. The van der Waals surface area contributed by atoms with Crippen LogP contribution in [0, 0.1) is 0 Å². The van der Waals surface area contributed by atoms with E-state index in [1.807, 2.05) is 4.90 Å². The SMILES string of the molecule is NC(CCN(CCCCc1ccc2c(n1)NCCC2)CCC(F)F)C(=O)O. The van der Waals surface area contributed by atoms with E-state index in [1.165, 1.54) is 5.56 Å². The van der Waals surface area contributed by atoms with Crippen molar-refractivity contribution >= 4 is 11.8 Å². The molecule has 0 radical (unpaired) electrons. The number of carboxylic acid groups (broad SMARTS) is 1. The lowest BCUT2D eigenvalue weighted by Gasteiger charge is -2.23. The summed E-state index contributed by atoms with van der Waals surface area (Å²) in [6.45, 7) is 2.29. The second-order valence-electron chi connectivity index (χ2n) is 7.05. The summed E-state index contributed by atoms with van der Waals surface area (Å²) in [5, 5.41) is 12.2. The summed E-state index contributed by atoms with van der Waals surface area (Å²) in [6.07, 6.45) is 2.48. The first-order chi connectivity index (χ1) is 13.0. The second kappa shape index (κ2) is 11.1. The normalized spacial score (nSPS) is 14.9. The van der Waals surface area contributed by atoms with E-state index in [0.29, 0.717) is 13.1 Å². The highest BCUT2D eigenvalue weighted by atomic mass is 19.3. The van der Waals surface area contributed by atoms with Gasteiger partial charge in [-0.05, 0) is 56.7 Å². The van der Waals surface area contributed by atoms with Gasteiger partial charge in [0.1, 0.15) is 11.9 Å². The quantitative estimate of drug-likeness (QED) is 0.480. The average molecular weight is 384 g/mol. The van der Waals surface area contributed by atoms with Crippen LogP contribution in [0.5, 0.6) is 0 Å². The molecule has 1 atom stereocenters. The molecule has 0 saturated heterocycles. The number of unbranched alkanes of at least 4 members (excludes halogenated alkanes) is 1. The molecule has 0 spiro atoms. The molecule has 2 rings (SSSR count). The van der Waals surface area contributed by atoms with Gasteiger partial charge in [0.05, 0.1) is 0 Å². The fraction of sp³-hybridized carbons (Fsp3) is 0.684.